The van der Waals surface area contributed by atoms with Crippen molar-refractivity contribution < 1.29 is 0 Å². The summed E-state index contributed by atoms with van der Waals surface area (Å²) in [5, 5.41) is 49.6. The molecule has 11 aromatic heterocycles. The molecule has 13 aromatic rings. The van der Waals surface area contributed by atoms with Crippen molar-refractivity contribution in [3.63, 3.8) is 0 Å². The van der Waals surface area contributed by atoms with Crippen LogP contribution in [0.2, 0.25) is 5.02 Å². The van der Waals surface area contributed by atoms with Crippen LogP contribution in [0.5, 0.6) is 0 Å². The highest BCUT2D eigenvalue weighted by Crippen LogP contribution is 2.36. The molecule has 31 nitrogen and oxygen atoms in total. The zero-order chi connectivity index (χ0) is 78.0. The lowest BCUT2D eigenvalue weighted by Gasteiger charge is -2.32. The number of nitrogens with zero attached hydrogens (tertiary/aromatic N) is 23. The highest BCUT2D eigenvalue weighted by Gasteiger charge is 2.28. The molecule has 0 unspecified atom stereocenters. The summed E-state index contributed by atoms with van der Waals surface area (Å²) < 4.78 is 10.6. The lowest BCUT2D eigenvalue weighted by atomic mass is 9.93. The van der Waals surface area contributed by atoms with E-state index in [-0.39, 0.29) is 11.9 Å². The third-order valence-corrected chi connectivity index (χ3v) is 21.8. The van der Waals surface area contributed by atoms with Gasteiger partial charge in [-0.15, -0.1) is 9.98 Å². The first-order chi connectivity index (χ1) is 54.6. The number of fused-ring (bicyclic) bond motifs is 4. The Balaban J connectivity index is 0.000000131. The van der Waals surface area contributed by atoms with E-state index in [4.69, 9.17) is 65.0 Å². The number of aliphatic imine (C=N–C) groups is 3. The average Bonchev–Trinajstić information content (AvgIpc) is 1.62. The summed E-state index contributed by atoms with van der Waals surface area (Å²) in [5.74, 6) is 5.67. The minimum absolute atomic E-state index is 0.284. The van der Waals surface area contributed by atoms with Gasteiger partial charge >= 0.3 is 0 Å². The molecule has 3 aliphatic rings. The molecule has 0 saturated carbocycles. The van der Waals surface area contributed by atoms with E-state index in [0.717, 1.165) is 198 Å². The monoisotopic (exact) mass is 1780 g/mol. The van der Waals surface area contributed by atoms with Gasteiger partial charge in [-0.05, 0) is 161 Å². The predicted octanol–water partition coefficient (Wildman–Crippen LogP) is 12.6. The number of nitriles is 2. The molecule has 36 heteroatoms. The lowest BCUT2D eigenvalue weighted by molar-refractivity contribution is 0.307. The number of nitrogens with one attached hydrogen (secondary N) is 4. The first-order valence-corrected chi connectivity index (χ1v) is 39.4. The summed E-state index contributed by atoms with van der Waals surface area (Å²) in [7, 11) is 1.73. The summed E-state index contributed by atoms with van der Waals surface area (Å²) >= 11 is 20.5. The Morgan fingerprint density at radius 2 is 0.786 bits per heavy atom. The average molecular weight is 1780 g/mol. The van der Waals surface area contributed by atoms with E-state index in [1.807, 2.05) is 124 Å². The molecule has 0 radical (unpaired) electrons. The van der Waals surface area contributed by atoms with Gasteiger partial charge in [0.05, 0.1) is 48.4 Å². The maximum absolute atomic E-state index is 8.69. The number of likely N-dealkylation sites (tertiary alicyclic amines) is 3. The summed E-state index contributed by atoms with van der Waals surface area (Å²) in [5.41, 5.74) is 36.4. The number of pyridine rings is 3. The molecular formula is C76H78Br4ClN31. The molecule has 3 saturated heterocycles. The van der Waals surface area contributed by atoms with Gasteiger partial charge in [0, 0.05) is 185 Å². The van der Waals surface area contributed by atoms with Crippen LogP contribution in [0, 0.1) is 22.9 Å². The van der Waals surface area contributed by atoms with Gasteiger partial charge < -0.3 is 58.9 Å². The Morgan fingerprint density at radius 3 is 1.12 bits per heavy atom. The maximum atomic E-state index is 8.69. The van der Waals surface area contributed by atoms with E-state index in [1.165, 1.54) is 0 Å². The van der Waals surface area contributed by atoms with Crippen molar-refractivity contribution in [2.24, 2.45) is 32.2 Å². The quantitative estimate of drug-likeness (QED) is 0.0193. The normalized spacial score (nSPS) is 14.5. The van der Waals surface area contributed by atoms with Crippen LogP contribution in [-0.4, -0.2) is 152 Å². The molecule has 0 spiro atoms. The van der Waals surface area contributed by atoms with Crippen molar-refractivity contribution in [3.8, 4) is 23.6 Å². The van der Waals surface area contributed by atoms with Crippen molar-refractivity contribution in [1.29, 1.82) is 10.5 Å². The van der Waals surface area contributed by atoms with Gasteiger partial charge in [-0.3, -0.25) is 19.9 Å². The van der Waals surface area contributed by atoms with E-state index >= 15 is 0 Å². The van der Waals surface area contributed by atoms with E-state index in [9.17, 15) is 0 Å². The van der Waals surface area contributed by atoms with Gasteiger partial charge in [0.1, 0.15) is 23.3 Å². The number of rotatable bonds is 16. The SMILES string of the molecule is CN=C(N)N1CCC(c2cc(NCc3cccnc3)n3ncc(Br)c3n2)CC1.N#CN=C(N)N1CCC(c2cc(NCc3cccnc3)n3ncc(Br)c3n2)CC1.N#CN=C(N)N1CCC(c2cc(NCc3cccnc3)n3ncc(Br)c3n2)CC1.Nc1ccc(CNc2cc(-c3ccccc3Cl)nc3c(Br)cnn23)cc1. The number of nitrogens with two attached hydrogens (primary N) is 4. The largest absolute Gasteiger partial charge is 0.399 e. The van der Waals surface area contributed by atoms with Gasteiger partial charge in [-0.1, -0.05) is 60.1 Å². The number of hydrogen-bond acceptors (Lipinski definition) is 21. The Kier molecular flexibility index (Phi) is 26.2. The topological polar surface area (TPSA) is 406 Å². The molecule has 16 rings (SSSR count). The zero-order valence-electron chi connectivity index (χ0n) is 60.7. The minimum atomic E-state index is 0.284. The van der Waals surface area contributed by atoms with Crippen molar-refractivity contribution in [3.05, 3.63) is 233 Å². The summed E-state index contributed by atoms with van der Waals surface area (Å²) in [6.07, 6.45) is 26.9. The smallest absolute Gasteiger partial charge is 0.209 e. The molecule has 12 N–H and O–H groups in total. The van der Waals surface area contributed by atoms with E-state index < -0.39 is 0 Å². The van der Waals surface area contributed by atoms with Gasteiger partial charge in [0.25, 0.3) is 0 Å². The van der Waals surface area contributed by atoms with Crippen LogP contribution >= 0.6 is 75.3 Å². The molecule has 0 bridgehead atoms. The molecule has 0 atom stereocenters. The maximum Gasteiger partial charge on any atom is 0.209 e. The Hall–Kier alpha value is -11.6. The molecule has 2 aromatic carbocycles. The van der Waals surface area contributed by atoms with E-state index in [0.29, 0.717) is 54.9 Å². The highest BCUT2D eigenvalue weighted by atomic mass is 79.9. The minimum Gasteiger partial charge on any atom is -0.399 e. The fourth-order valence-corrected chi connectivity index (χ4v) is 14.9. The summed E-state index contributed by atoms with van der Waals surface area (Å²) in [6.45, 7) is 7.35. The molecule has 0 aliphatic carbocycles. The molecule has 0 amide bonds. The second kappa shape index (κ2) is 37.4. The first kappa shape index (κ1) is 78.5. The Bertz CT molecular complexity index is 5370. The fraction of sp³-hybridized carbons (Fsp3) is 0.263. The van der Waals surface area contributed by atoms with Gasteiger partial charge in [0.2, 0.25) is 24.3 Å². The fourth-order valence-electron chi connectivity index (χ4n) is 13.3. The van der Waals surface area contributed by atoms with Crippen LogP contribution in [0.15, 0.2) is 204 Å². The van der Waals surface area contributed by atoms with Crippen LogP contribution < -0.4 is 44.2 Å². The first-order valence-electron chi connectivity index (χ1n) is 35.9. The number of nitrogen functional groups attached to an aromatic ring is 1. The molecule has 3 aliphatic heterocycles. The standard InChI is InChI=1S/C19H15BrClN5.2C19H20BrN9.C19H23BrN8/c20-15-11-24-26-18(23-10-12-5-7-13(22)8-6-12)9-17(25-19(15)26)14-3-1-2-4-16(14)21;2*20-15-11-26-29-17(24-10-13-2-1-5-23-9-13)8-16(27-18(15)29)14-3-6-28(7-4-14)19(22)25-12-21;1-22-19(21)27-7-4-14(5-8-27)16-9-17(24-11-13-3-2-6-23-10-13)28-18(26-16)15(20)12-25-28/h1-9,11,23H,10,22H2;2*1-2,5,8-9,11,14,24H,3-4,6-7,10H2,(H2,22,25);2-3,6,9-10,12,14,24H,4-5,7-8,11H2,1H3,(H2,21,22). The second-order valence-electron chi connectivity index (χ2n) is 26.4. The van der Waals surface area contributed by atoms with Crippen LogP contribution in [0.1, 0.15) is 95.6 Å². The number of anilines is 5. The molecule has 3 fully saturated rings. The number of benzene rings is 2. The van der Waals surface area contributed by atoms with E-state index in [2.05, 4.69) is 158 Å². The van der Waals surface area contributed by atoms with Gasteiger partial charge in [0.15, 0.2) is 28.5 Å². The molecular weight excluding hydrogens is 1700 g/mol. The van der Waals surface area contributed by atoms with Crippen molar-refractivity contribution >= 4 is 145 Å². The number of halogens is 5. The van der Waals surface area contributed by atoms with Crippen LogP contribution in [0.4, 0.5) is 29.0 Å². The molecule has 572 valence electrons. The predicted molar refractivity (Wildman–Crippen MR) is 449 cm³/mol. The number of guanidine groups is 3. The van der Waals surface area contributed by atoms with Crippen molar-refractivity contribution in [2.75, 3.05) is 73.3 Å². The lowest BCUT2D eigenvalue weighted by Crippen LogP contribution is -2.42. The Labute approximate surface area is 683 Å². The van der Waals surface area contributed by atoms with E-state index in [1.54, 1.807) is 76.4 Å². The number of piperidine rings is 3. The van der Waals surface area contributed by atoms with Crippen molar-refractivity contribution in [2.45, 2.75) is 82.5 Å². The Morgan fingerprint density at radius 1 is 0.446 bits per heavy atom. The third-order valence-electron chi connectivity index (χ3n) is 19.2. The third kappa shape index (κ3) is 19.4. The van der Waals surface area contributed by atoms with Gasteiger partial charge in [-0.25, -0.2) is 19.9 Å². The zero-order valence-corrected chi connectivity index (χ0v) is 67.8. The van der Waals surface area contributed by atoms with Crippen LogP contribution in [0.3, 0.4) is 0 Å². The molecule has 112 heavy (non-hydrogen) atoms. The van der Waals surface area contributed by atoms with Crippen LogP contribution in [-0.2, 0) is 26.2 Å². The van der Waals surface area contributed by atoms with Crippen LogP contribution in [0.25, 0.3) is 33.8 Å². The van der Waals surface area contributed by atoms with Gasteiger partial charge in [-0.2, -0.15) is 49.0 Å². The summed E-state index contributed by atoms with van der Waals surface area (Å²) in [6, 6.07) is 35.5. The second-order valence-corrected chi connectivity index (χ2v) is 30.2. The number of hydrogen-bond donors (Lipinski definition) is 8. The highest BCUT2D eigenvalue weighted by molar-refractivity contribution is 9.11. The van der Waals surface area contributed by atoms with Crippen molar-refractivity contribution in [1.82, 2.24) is 88.0 Å². The number of aromatic nitrogens is 15. The summed E-state index contributed by atoms with van der Waals surface area (Å²) in [4.78, 5) is 49.2. The molecule has 14 heterocycles.